The molecule has 2 aliphatic heterocycles. The van der Waals surface area contributed by atoms with Crippen LogP contribution < -0.4 is 16.7 Å². The standard InChI is InChI=1S/C22H26F2N6O2/c1-27-17-13-29(9-7-16(17)19(26)14-5-3-2-4-6-14)12-15-11-22(23,24)20(32-15)30-10-8-18(25)28-21(30)31/h2-6,8,10,15,20,26-27H,7,9,11-13H2,1H3,(H2,25,28,31)/t15-,20+/m0/s1. The first kappa shape index (κ1) is 22.1. The first-order valence-corrected chi connectivity index (χ1v) is 10.4. The molecule has 2 aromatic rings. The number of alkyl halides is 2. The lowest BCUT2D eigenvalue weighted by Gasteiger charge is -2.32. The highest BCUT2D eigenvalue weighted by Crippen LogP contribution is 2.42. The Morgan fingerprint density at radius 1 is 1.34 bits per heavy atom. The second-order valence-corrected chi connectivity index (χ2v) is 8.05. The van der Waals surface area contributed by atoms with E-state index in [9.17, 15) is 13.6 Å². The zero-order valence-electron chi connectivity index (χ0n) is 17.7. The molecule has 1 aromatic heterocycles. The van der Waals surface area contributed by atoms with Crippen LogP contribution in [0.15, 0.2) is 58.7 Å². The van der Waals surface area contributed by atoms with Gasteiger partial charge in [-0.2, -0.15) is 4.98 Å². The van der Waals surface area contributed by atoms with Gasteiger partial charge in [0.25, 0.3) is 5.92 Å². The molecule has 0 saturated carbocycles. The molecule has 1 aromatic carbocycles. The number of likely N-dealkylation sites (N-methyl/N-ethyl adjacent to an activating group) is 1. The highest BCUT2D eigenvalue weighted by Gasteiger charge is 2.52. The third-order valence-electron chi connectivity index (χ3n) is 5.84. The van der Waals surface area contributed by atoms with E-state index in [1.807, 2.05) is 35.2 Å². The van der Waals surface area contributed by atoms with Crippen LogP contribution in [-0.2, 0) is 4.74 Å². The van der Waals surface area contributed by atoms with Crippen LogP contribution in [-0.4, -0.2) is 58.9 Å². The highest BCUT2D eigenvalue weighted by molar-refractivity contribution is 6.11. The van der Waals surface area contributed by atoms with Gasteiger partial charge in [-0.05, 0) is 23.6 Å². The van der Waals surface area contributed by atoms with Gasteiger partial charge in [-0.25, -0.2) is 13.6 Å². The van der Waals surface area contributed by atoms with E-state index >= 15 is 0 Å². The van der Waals surface area contributed by atoms with Crippen molar-refractivity contribution in [3.63, 3.8) is 0 Å². The van der Waals surface area contributed by atoms with Crippen LogP contribution in [0.4, 0.5) is 14.6 Å². The third-order valence-corrected chi connectivity index (χ3v) is 5.84. The molecule has 10 heteroatoms. The lowest BCUT2D eigenvalue weighted by molar-refractivity contribution is -0.118. The van der Waals surface area contributed by atoms with Crippen LogP contribution in [0.5, 0.6) is 0 Å². The Morgan fingerprint density at radius 2 is 2.09 bits per heavy atom. The first-order valence-electron chi connectivity index (χ1n) is 10.4. The molecule has 170 valence electrons. The van der Waals surface area contributed by atoms with Gasteiger partial charge in [-0.15, -0.1) is 0 Å². The van der Waals surface area contributed by atoms with E-state index in [1.54, 1.807) is 7.05 Å². The Morgan fingerprint density at radius 3 is 2.78 bits per heavy atom. The molecule has 0 aliphatic carbocycles. The molecule has 32 heavy (non-hydrogen) atoms. The van der Waals surface area contributed by atoms with Gasteiger partial charge in [0.15, 0.2) is 0 Å². The maximum Gasteiger partial charge on any atom is 0.351 e. The molecular formula is C22H26F2N6O2. The molecule has 4 N–H and O–H groups in total. The lowest BCUT2D eigenvalue weighted by Crippen LogP contribution is -2.41. The molecule has 0 bridgehead atoms. The molecule has 8 nitrogen and oxygen atoms in total. The first-order chi connectivity index (χ1) is 15.3. The number of nitrogens with zero attached hydrogens (tertiary/aromatic N) is 3. The number of ether oxygens (including phenoxy) is 1. The minimum Gasteiger partial charge on any atom is -0.390 e. The molecule has 0 radical (unpaired) electrons. The fourth-order valence-corrected chi connectivity index (χ4v) is 4.26. The van der Waals surface area contributed by atoms with E-state index in [0.29, 0.717) is 31.8 Å². The van der Waals surface area contributed by atoms with Gasteiger partial charge in [0.1, 0.15) is 5.82 Å². The van der Waals surface area contributed by atoms with Crippen molar-refractivity contribution < 1.29 is 13.5 Å². The fraction of sp³-hybridized carbons (Fsp3) is 0.409. The van der Waals surface area contributed by atoms with Crippen molar-refractivity contribution >= 4 is 11.5 Å². The molecule has 0 unspecified atom stereocenters. The summed E-state index contributed by atoms with van der Waals surface area (Å²) in [4.78, 5) is 17.6. The van der Waals surface area contributed by atoms with Crippen molar-refractivity contribution in [2.24, 2.45) is 0 Å². The summed E-state index contributed by atoms with van der Waals surface area (Å²) < 4.78 is 35.7. The van der Waals surface area contributed by atoms with E-state index < -0.39 is 30.4 Å². The van der Waals surface area contributed by atoms with Crippen LogP contribution in [0.3, 0.4) is 0 Å². The summed E-state index contributed by atoms with van der Waals surface area (Å²) >= 11 is 0. The van der Waals surface area contributed by atoms with Crippen LogP contribution in [0.25, 0.3) is 0 Å². The monoisotopic (exact) mass is 444 g/mol. The van der Waals surface area contributed by atoms with E-state index in [0.717, 1.165) is 21.4 Å². The maximum absolute atomic E-state index is 14.7. The predicted molar refractivity (Wildman–Crippen MR) is 117 cm³/mol. The molecule has 4 rings (SSSR count). The van der Waals surface area contributed by atoms with Crippen LogP contribution in [0, 0.1) is 5.41 Å². The normalized spacial score (nSPS) is 23.3. The average molecular weight is 444 g/mol. The molecule has 2 aliphatic rings. The van der Waals surface area contributed by atoms with Crippen molar-refractivity contribution in [1.29, 1.82) is 5.41 Å². The molecule has 3 heterocycles. The molecule has 2 atom stereocenters. The SMILES string of the molecule is CNC1=C(C(=N)c2ccccc2)CCN(C[C@@H]2CC(F)(F)[C@H](n3ccc(N)nc3=O)O2)C1. The van der Waals surface area contributed by atoms with Gasteiger partial charge in [0.05, 0.1) is 11.8 Å². The van der Waals surface area contributed by atoms with Crippen molar-refractivity contribution in [1.82, 2.24) is 19.8 Å². The van der Waals surface area contributed by atoms with Crippen LogP contribution in [0.1, 0.15) is 24.6 Å². The number of rotatable bonds is 6. The Kier molecular flexibility index (Phi) is 6.07. The van der Waals surface area contributed by atoms with E-state index in [4.69, 9.17) is 15.9 Å². The fourth-order valence-electron chi connectivity index (χ4n) is 4.26. The van der Waals surface area contributed by atoms with Crippen molar-refractivity contribution in [3.8, 4) is 0 Å². The summed E-state index contributed by atoms with van der Waals surface area (Å²) in [5, 5.41) is 11.7. The summed E-state index contributed by atoms with van der Waals surface area (Å²) in [5.41, 5.74) is 7.71. The average Bonchev–Trinajstić information content (AvgIpc) is 3.07. The zero-order chi connectivity index (χ0) is 22.9. The smallest absolute Gasteiger partial charge is 0.351 e. The number of halogens is 2. The van der Waals surface area contributed by atoms with Gasteiger partial charge in [0.2, 0.25) is 6.23 Å². The predicted octanol–water partition coefficient (Wildman–Crippen LogP) is 2.00. The Bertz CT molecular complexity index is 1090. The Balaban J connectivity index is 1.46. The Hall–Kier alpha value is -3.11. The number of hydrogen-bond acceptors (Lipinski definition) is 7. The van der Waals surface area contributed by atoms with E-state index in [2.05, 4.69) is 10.3 Å². The van der Waals surface area contributed by atoms with Gasteiger partial charge in [-0.3, -0.25) is 14.9 Å². The summed E-state index contributed by atoms with van der Waals surface area (Å²) in [6, 6.07) is 10.8. The second kappa shape index (κ2) is 8.79. The number of nitrogen functional groups attached to an aromatic ring is 1. The van der Waals surface area contributed by atoms with Gasteiger partial charge in [0, 0.05) is 45.0 Å². The second-order valence-electron chi connectivity index (χ2n) is 8.05. The quantitative estimate of drug-likeness (QED) is 0.588. The zero-order valence-corrected chi connectivity index (χ0v) is 17.7. The number of anilines is 1. The van der Waals surface area contributed by atoms with E-state index in [1.165, 1.54) is 12.3 Å². The summed E-state index contributed by atoms with van der Waals surface area (Å²) in [6.07, 6.45) is -1.13. The number of hydrogen-bond donors (Lipinski definition) is 3. The van der Waals surface area contributed by atoms with Crippen molar-refractivity contribution in [2.75, 3.05) is 32.4 Å². The lowest BCUT2D eigenvalue weighted by atomic mass is 9.95. The molecule has 0 amide bonds. The van der Waals surface area contributed by atoms with Crippen LogP contribution >= 0.6 is 0 Å². The molecule has 1 saturated heterocycles. The summed E-state index contributed by atoms with van der Waals surface area (Å²) in [7, 11) is 1.80. The number of nitrogens with one attached hydrogen (secondary N) is 2. The topological polar surface area (TPSA) is 109 Å². The Labute approximate surface area is 184 Å². The number of aromatic nitrogens is 2. The van der Waals surface area contributed by atoms with Crippen molar-refractivity contribution in [2.45, 2.75) is 31.1 Å². The van der Waals surface area contributed by atoms with E-state index in [-0.39, 0.29) is 5.82 Å². The number of benzene rings is 1. The number of nitrogens with two attached hydrogens (primary N) is 1. The van der Waals surface area contributed by atoms with Gasteiger partial charge < -0.3 is 15.8 Å². The third kappa shape index (κ3) is 4.42. The summed E-state index contributed by atoms with van der Waals surface area (Å²) in [6.45, 7) is 1.41. The molecular weight excluding hydrogens is 418 g/mol. The molecule has 1 fully saturated rings. The molecule has 0 spiro atoms. The van der Waals surface area contributed by atoms with Crippen LogP contribution in [0.2, 0.25) is 0 Å². The summed E-state index contributed by atoms with van der Waals surface area (Å²) in [5.74, 6) is -3.23. The highest BCUT2D eigenvalue weighted by atomic mass is 19.3. The van der Waals surface area contributed by atoms with Crippen molar-refractivity contribution in [3.05, 3.63) is 69.9 Å². The van der Waals surface area contributed by atoms with Gasteiger partial charge >= 0.3 is 5.69 Å². The maximum atomic E-state index is 14.7. The minimum atomic E-state index is -3.20. The minimum absolute atomic E-state index is 0.0271. The van der Waals surface area contributed by atoms with Gasteiger partial charge in [-0.1, -0.05) is 30.3 Å². The largest absolute Gasteiger partial charge is 0.390 e.